The minimum absolute atomic E-state index is 0.0637. The third-order valence-electron chi connectivity index (χ3n) is 4.47. The Kier molecular flexibility index (Phi) is 6.02. The molecule has 1 aromatic heterocycles. The summed E-state index contributed by atoms with van der Waals surface area (Å²) in [5, 5.41) is 0. The van der Waals surface area contributed by atoms with Crippen molar-refractivity contribution in [2.24, 2.45) is 0 Å². The topological polar surface area (TPSA) is 51.7 Å². The van der Waals surface area contributed by atoms with E-state index in [2.05, 4.69) is 4.98 Å². The summed E-state index contributed by atoms with van der Waals surface area (Å²) in [6.07, 6.45) is 4.34. The minimum atomic E-state index is -0.660. The third-order valence-corrected chi connectivity index (χ3v) is 4.47. The Morgan fingerprint density at radius 2 is 1.72 bits per heavy atom. The number of hydrogen-bond acceptors (Lipinski definition) is 4. The molecule has 0 aliphatic carbocycles. The molecule has 0 unspecified atom stereocenters. The molecule has 1 aromatic carbocycles. The van der Waals surface area contributed by atoms with Gasteiger partial charge in [-0.1, -0.05) is 6.07 Å². The van der Waals surface area contributed by atoms with E-state index >= 15 is 0 Å². The molecular formula is C20H26N2O3. The Hall–Kier alpha value is -2.56. The van der Waals surface area contributed by atoms with Gasteiger partial charge in [-0.2, -0.15) is 0 Å². The van der Waals surface area contributed by atoms with Crippen LogP contribution in [0.4, 0.5) is 0 Å². The van der Waals surface area contributed by atoms with Gasteiger partial charge < -0.3 is 14.4 Å². The van der Waals surface area contributed by atoms with Crippen LogP contribution in [0.25, 0.3) is 0 Å². The van der Waals surface area contributed by atoms with Crippen molar-refractivity contribution in [3.8, 4) is 11.5 Å². The van der Waals surface area contributed by atoms with Gasteiger partial charge in [0.2, 0.25) is 5.91 Å². The first-order chi connectivity index (χ1) is 11.9. The fraction of sp³-hybridized carbons (Fsp3) is 0.400. The molecule has 5 nitrogen and oxygen atoms in total. The van der Waals surface area contributed by atoms with E-state index < -0.39 is 5.41 Å². The van der Waals surface area contributed by atoms with Crippen molar-refractivity contribution in [3.05, 3.63) is 53.9 Å². The molecule has 0 saturated heterocycles. The van der Waals surface area contributed by atoms with Crippen LogP contribution in [-0.4, -0.2) is 43.6 Å². The largest absolute Gasteiger partial charge is 0.493 e. The quantitative estimate of drug-likeness (QED) is 0.776. The zero-order chi connectivity index (χ0) is 18.4. The number of nitrogens with zero attached hydrogens (tertiary/aromatic N) is 2. The number of benzene rings is 1. The molecule has 0 saturated carbocycles. The first-order valence-corrected chi connectivity index (χ1v) is 8.27. The number of amides is 1. The highest BCUT2D eigenvalue weighted by molar-refractivity contribution is 5.87. The molecule has 0 N–H and O–H groups in total. The lowest BCUT2D eigenvalue weighted by molar-refractivity contribution is -0.134. The van der Waals surface area contributed by atoms with Crippen molar-refractivity contribution in [3.63, 3.8) is 0 Å². The lowest BCUT2D eigenvalue weighted by Gasteiger charge is -2.30. The predicted octanol–water partition coefficient (Wildman–Crippen LogP) is 3.08. The molecule has 134 valence electrons. The molecule has 25 heavy (non-hydrogen) atoms. The van der Waals surface area contributed by atoms with Gasteiger partial charge in [-0.3, -0.25) is 9.78 Å². The summed E-state index contributed by atoms with van der Waals surface area (Å²) in [5.74, 6) is 1.34. The standard InChI is InChI=1S/C20H26N2O3/c1-20(2,16-6-7-17(24-4)18(14-16)25-5)19(23)22(3)13-10-15-8-11-21-12-9-15/h6-9,11-12,14H,10,13H2,1-5H3. The first-order valence-electron chi connectivity index (χ1n) is 8.27. The third kappa shape index (κ3) is 4.29. The summed E-state index contributed by atoms with van der Waals surface area (Å²) in [6.45, 7) is 4.51. The molecule has 2 rings (SSSR count). The second-order valence-corrected chi connectivity index (χ2v) is 6.53. The SMILES string of the molecule is COc1ccc(C(C)(C)C(=O)N(C)CCc2ccncc2)cc1OC. The molecule has 0 spiro atoms. The van der Waals surface area contributed by atoms with Crippen LogP contribution in [0.3, 0.4) is 0 Å². The van der Waals surface area contributed by atoms with Crippen LogP contribution in [0.2, 0.25) is 0 Å². The summed E-state index contributed by atoms with van der Waals surface area (Å²) >= 11 is 0. The van der Waals surface area contributed by atoms with Crippen LogP contribution in [0.15, 0.2) is 42.7 Å². The molecule has 0 radical (unpaired) electrons. The Morgan fingerprint density at radius 1 is 1.08 bits per heavy atom. The van der Waals surface area contributed by atoms with Gasteiger partial charge in [-0.25, -0.2) is 0 Å². The van der Waals surface area contributed by atoms with Gasteiger partial charge in [0.15, 0.2) is 11.5 Å². The van der Waals surface area contributed by atoms with Crippen molar-refractivity contribution in [2.45, 2.75) is 25.7 Å². The summed E-state index contributed by atoms with van der Waals surface area (Å²) in [4.78, 5) is 18.8. The minimum Gasteiger partial charge on any atom is -0.493 e. The van der Waals surface area contributed by atoms with Gasteiger partial charge >= 0.3 is 0 Å². The molecule has 1 heterocycles. The van der Waals surface area contributed by atoms with Gasteiger partial charge in [0.05, 0.1) is 19.6 Å². The molecule has 0 aliphatic heterocycles. The normalized spacial score (nSPS) is 11.1. The van der Waals surface area contributed by atoms with E-state index in [0.29, 0.717) is 18.0 Å². The van der Waals surface area contributed by atoms with Crippen LogP contribution >= 0.6 is 0 Å². The van der Waals surface area contributed by atoms with Crippen LogP contribution in [0.1, 0.15) is 25.0 Å². The van der Waals surface area contributed by atoms with Crippen LogP contribution < -0.4 is 9.47 Å². The molecule has 0 atom stereocenters. The van der Waals surface area contributed by atoms with Crippen LogP contribution in [0, 0.1) is 0 Å². The maximum atomic E-state index is 13.0. The second kappa shape index (κ2) is 8.01. The molecular weight excluding hydrogens is 316 g/mol. The first kappa shape index (κ1) is 18.8. The van der Waals surface area contributed by atoms with Crippen molar-refractivity contribution >= 4 is 5.91 Å². The fourth-order valence-electron chi connectivity index (χ4n) is 2.77. The summed E-state index contributed by atoms with van der Waals surface area (Å²) in [6, 6.07) is 9.55. The number of rotatable bonds is 7. The second-order valence-electron chi connectivity index (χ2n) is 6.53. The molecule has 0 bridgehead atoms. The number of carbonyl (C=O) groups is 1. The Morgan fingerprint density at radius 3 is 2.32 bits per heavy atom. The summed E-state index contributed by atoms with van der Waals surface area (Å²) in [7, 11) is 5.03. The monoisotopic (exact) mass is 342 g/mol. The lowest BCUT2D eigenvalue weighted by Crippen LogP contribution is -2.42. The average molecular weight is 342 g/mol. The molecule has 5 heteroatoms. The van der Waals surface area contributed by atoms with E-state index in [4.69, 9.17) is 9.47 Å². The number of methoxy groups -OCH3 is 2. The number of carbonyl (C=O) groups excluding carboxylic acids is 1. The van der Waals surface area contributed by atoms with E-state index in [9.17, 15) is 4.79 Å². The predicted molar refractivity (Wildman–Crippen MR) is 98.2 cm³/mol. The van der Waals surface area contributed by atoms with Gasteiger partial charge in [-0.05, 0) is 55.7 Å². The molecule has 0 fully saturated rings. The van der Waals surface area contributed by atoms with Crippen molar-refractivity contribution in [1.29, 1.82) is 0 Å². The Bertz CT molecular complexity index is 714. The Balaban J connectivity index is 2.13. The van der Waals surface area contributed by atoms with Gasteiger partial charge in [0.25, 0.3) is 0 Å². The molecule has 1 amide bonds. The van der Waals surface area contributed by atoms with Gasteiger partial charge in [0, 0.05) is 26.0 Å². The van der Waals surface area contributed by atoms with Gasteiger partial charge in [-0.15, -0.1) is 0 Å². The molecule has 2 aromatic rings. The van der Waals surface area contributed by atoms with E-state index in [1.165, 1.54) is 5.56 Å². The average Bonchev–Trinajstić information content (AvgIpc) is 2.65. The number of ether oxygens (including phenoxy) is 2. The van der Waals surface area contributed by atoms with Crippen molar-refractivity contribution in [2.75, 3.05) is 27.8 Å². The molecule has 0 aliphatic rings. The highest BCUT2D eigenvalue weighted by atomic mass is 16.5. The van der Waals surface area contributed by atoms with E-state index in [1.807, 2.05) is 51.2 Å². The van der Waals surface area contributed by atoms with E-state index in [0.717, 1.165) is 12.0 Å². The summed E-state index contributed by atoms with van der Waals surface area (Å²) in [5.41, 5.74) is 1.40. The lowest BCUT2D eigenvalue weighted by atomic mass is 9.83. The zero-order valence-electron chi connectivity index (χ0n) is 15.6. The van der Waals surface area contributed by atoms with Crippen molar-refractivity contribution < 1.29 is 14.3 Å². The highest BCUT2D eigenvalue weighted by Gasteiger charge is 2.33. The fourth-order valence-corrected chi connectivity index (χ4v) is 2.77. The van der Waals surface area contributed by atoms with E-state index in [1.54, 1.807) is 31.5 Å². The Labute approximate surface area is 149 Å². The van der Waals surface area contributed by atoms with Crippen molar-refractivity contribution in [1.82, 2.24) is 9.88 Å². The number of hydrogen-bond donors (Lipinski definition) is 0. The summed E-state index contributed by atoms with van der Waals surface area (Å²) < 4.78 is 10.6. The van der Waals surface area contributed by atoms with Gasteiger partial charge in [0.1, 0.15) is 0 Å². The van der Waals surface area contributed by atoms with E-state index in [-0.39, 0.29) is 5.91 Å². The number of pyridine rings is 1. The smallest absolute Gasteiger partial charge is 0.232 e. The number of likely N-dealkylation sites (N-methyl/N-ethyl adjacent to an activating group) is 1. The maximum absolute atomic E-state index is 13.0. The zero-order valence-corrected chi connectivity index (χ0v) is 15.6. The van der Waals surface area contributed by atoms with Crippen LogP contribution in [-0.2, 0) is 16.6 Å². The maximum Gasteiger partial charge on any atom is 0.232 e. The number of aromatic nitrogens is 1. The van der Waals surface area contributed by atoms with Crippen LogP contribution in [0.5, 0.6) is 11.5 Å². The highest BCUT2D eigenvalue weighted by Crippen LogP contribution is 2.34.